The normalized spacial score (nSPS) is 10.6. The maximum absolute atomic E-state index is 5.43. The first-order valence-electron chi connectivity index (χ1n) is 4.49. The summed E-state index contributed by atoms with van der Waals surface area (Å²) in [5, 5.41) is 0. The molecule has 1 rings (SSSR count). The lowest BCUT2D eigenvalue weighted by Crippen LogP contribution is -2.04. The van der Waals surface area contributed by atoms with Gasteiger partial charge in [0.05, 0.1) is 5.69 Å². The molecule has 0 amide bonds. The summed E-state index contributed by atoms with van der Waals surface area (Å²) in [6, 6.07) is 0. The van der Waals surface area contributed by atoms with Crippen LogP contribution in [0.5, 0.6) is 0 Å². The lowest BCUT2D eigenvalue weighted by molar-refractivity contribution is 0.730. The van der Waals surface area contributed by atoms with Crippen LogP contribution in [0, 0.1) is 0 Å². The highest BCUT2D eigenvalue weighted by Gasteiger charge is 2.02. The van der Waals surface area contributed by atoms with Crippen LogP contribution in [0.4, 0.5) is 0 Å². The molecule has 12 heavy (non-hydrogen) atoms. The number of nitrogens with two attached hydrogens (primary N) is 1. The van der Waals surface area contributed by atoms with E-state index in [1.165, 1.54) is 5.69 Å². The first kappa shape index (κ1) is 9.26. The van der Waals surface area contributed by atoms with Gasteiger partial charge in [-0.15, -0.1) is 0 Å². The molecule has 0 aromatic carbocycles. The van der Waals surface area contributed by atoms with E-state index in [9.17, 15) is 0 Å². The van der Waals surface area contributed by atoms with Crippen molar-refractivity contribution in [3.8, 4) is 0 Å². The SMILES string of the molecule is CCc1cn(C)c(CCCN)n1. The van der Waals surface area contributed by atoms with Crippen molar-refractivity contribution in [1.29, 1.82) is 0 Å². The summed E-state index contributed by atoms with van der Waals surface area (Å²) in [7, 11) is 2.04. The van der Waals surface area contributed by atoms with E-state index >= 15 is 0 Å². The Hall–Kier alpha value is -0.830. The number of nitrogens with zero attached hydrogens (tertiary/aromatic N) is 2. The third-order valence-electron chi connectivity index (χ3n) is 1.99. The largest absolute Gasteiger partial charge is 0.338 e. The Morgan fingerprint density at radius 2 is 2.33 bits per heavy atom. The molecule has 0 aliphatic heterocycles. The van der Waals surface area contributed by atoms with Gasteiger partial charge < -0.3 is 10.3 Å². The van der Waals surface area contributed by atoms with E-state index in [1.54, 1.807) is 0 Å². The van der Waals surface area contributed by atoms with Crippen molar-refractivity contribution >= 4 is 0 Å². The molecule has 1 aromatic rings. The average molecular weight is 167 g/mol. The summed E-state index contributed by atoms with van der Waals surface area (Å²) in [5.41, 5.74) is 6.60. The third-order valence-corrected chi connectivity index (χ3v) is 1.99. The van der Waals surface area contributed by atoms with Crippen LogP contribution >= 0.6 is 0 Å². The molecule has 1 heterocycles. The first-order valence-corrected chi connectivity index (χ1v) is 4.49. The van der Waals surface area contributed by atoms with Crippen LogP contribution in [0.2, 0.25) is 0 Å². The van der Waals surface area contributed by atoms with Gasteiger partial charge >= 0.3 is 0 Å². The molecule has 0 fully saturated rings. The number of aromatic nitrogens is 2. The van der Waals surface area contributed by atoms with E-state index in [0.29, 0.717) is 0 Å². The summed E-state index contributed by atoms with van der Waals surface area (Å²) < 4.78 is 2.09. The molecule has 0 saturated heterocycles. The van der Waals surface area contributed by atoms with E-state index in [4.69, 9.17) is 5.73 Å². The molecular weight excluding hydrogens is 150 g/mol. The van der Waals surface area contributed by atoms with Gasteiger partial charge in [-0.05, 0) is 19.4 Å². The van der Waals surface area contributed by atoms with Crippen molar-refractivity contribution in [1.82, 2.24) is 9.55 Å². The molecule has 2 N–H and O–H groups in total. The van der Waals surface area contributed by atoms with Crippen molar-refractivity contribution in [2.24, 2.45) is 12.8 Å². The molecular formula is C9H17N3. The summed E-state index contributed by atoms with van der Waals surface area (Å²) >= 11 is 0. The summed E-state index contributed by atoms with van der Waals surface area (Å²) in [6.07, 6.45) is 5.11. The van der Waals surface area contributed by atoms with E-state index < -0.39 is 0 Å². The quantitative estimate of drug-likeness (QED) is 0.723. The fourth-order valence-corrected chi connectivity index (χ4v) is 1.23. The second kappa shape index (κ2) is 4.26. The summed E-state index contributed by atoms with van der Waals surface area (Å²) in [5.74, 6) is 1.15. The molecule has 0 spiro atoms. The maximum atomic E-state index is 5.43. The van der Waals surface area contributed by atoms with Crippen LogP contribution in [0.1, 0.15) is 24.9 Å². The molecule has 3 nitrogen and oxygen atoms in total. The van der Waals surface area contributed by atoms with Crippen LogP contribution in [0.25, 0.3) is 0 Å². The van der Waals surface area contributed by atoms with Crippen molar-refractivity contribution in [2.45, 2.75) is 26.2 Å². The Labute approximate surface area is 73.6 Å². The van der Waals surface area contributed by atoms with Crippen LogP contribution in [0.3, 0.4) is 0 Å². The minimum absolute atomic E-state index is 0.744. The smallest absolute Gasteiger partial charge is 0.108 e. The van der Waals surface area contributed by atoms with Gasteiger partial charge in [-0.3, -0.25) is 0 Å². The standard InChI is InChI=1S/C9H17N3/c1-3-8-7-12(2)9(11-8)5-4-6-10/h7H,3-6,10H2,1-2H3. The predicted octanol–water partition coefficient (Wildman–Crippen LogP) is 0.874. The van der Waals surface area contributed by atoms with Crippen molar-refractivity contribution in [2.75, 3.05) is 6.54 Å². The Balaban J connectivity index is 2.64. The molecule has 0 aliphatic carbocycles. The van der Waals surface area contributed by atoms with Gasteiger partial charge in [-0.2, -0.15) is 0 Å². The molecule has 0 unspecified atom stereocenters. The topological polar surface area (TPSA) is 43.8 Å². The molecule has 0 aliphatic rings. The van der Waals surface area contributed by atoms with Crippen LogP contribution in [0.15, 0.2) is 6.20 Å². The van der Waals surface area contributed by atoms with E-state index in [2.05, 4.69) is 22.7 Å². The average Bonchev–Trinajstić information content (AvgIpc) is 2.43. The number of rotatable bonds is 4. The summed E-state index contributed by atoms with van der Waals surface area (Å²) in [4.78, 5) is 4.47. The van der Waals surface area contributed by atoms with Gasteiger partial charge in [-0.25, -0.2) is 4.98 Å². The highest BCUT2D eigenvalue weighted by Crippen LogP contribution is 2.03. The fraction of sp³-hybridized carbons (Fsp3) is 0.667. The zero-order valence-corrected chi connectivity index (χ0v) is 7.88. The molecule has 1 aromatic heterocycles. The zero-order chi connectivity index (χ0) is 8.97. The highest BCUT2D eigenvalue weighted by molar-refractivity contribution is 5.03. The molecule has 68 valence electrons. The third kappa shape index (κ3) is 2.08. The van der Waals surface area contributed by atoms with Crippen molar-refractivity contribution < 1.29 is 0 Å². The Morgan fingerprint density at radius 3 is 2.83 bits per heavy atom. The van der Waals surface area contributed by atoms with Crippen molar-refractivity contribution in [3.63, 3.8) is 0 Å². The fourth-order valence-electron chi connectivity index (χ4n) is 1.23. The first-order chi connectivity index (χ1) is 5.77. The van der Waals surface area contributed by atoms with Gasteiger partial charge in [0.25, 0.3) is 0 Å². The molecule has 3 heteroatoms. The van der Waals surface area contributed by atoms with Gasteiger partial charge in [0, 0.05) is 19.7 Å². The van der Waals surface area contributed by atoms with Gasteiger partial charge in [0.15, 0.2) is 0 Å². The number of hydrogen-bond acceptors (Lipinski definition) is 2. The number of aryl methyl sites for hydroxylation is 3. The minimum Gasteiger partial charge on any atom is -0.338 e. The number of hydrogen-bond donors (Lipinski definition) is 1. The second-order valence-corrected chi connectivity index (χ2v) is 3.01. The molecule has 0 bridgehead atoms. The van der Waals surface area contributed by atoms with Crippen LogP contribution < -0.4 is 5.73 Å². The highest BCUT2D eigenvalue weighted by atomic mass is 15.0. The Kier molecular flexibility index (Phi) is 3.29. The van der Waals surface area contributed by atoms with E-state index in [-0.39, 0.29) is 0 Å². The lowest BCUT2D eigenvalue weighted by atomic mass is 10.3. The Bertz CT molecular complexity index is 240. The van der Waals surface area contributed by atoms with Gasteiger partial charge in [0.2, 0.25) is 0 Å². The second-order valence-electron chi connectivity index (χ2n) is 3.01. The molecule has 0 radical (unpaired) electrons. The van der Waals surface area contributed by atoms with Crippen LogP contribution in [-0.4, -0.2) is 16.1 Å². The lowest BCUT2D eigenvalue weighted by Gasteiger charge is -1.98. The number of imidazole rings is 1. The molecule has 0 saturated carbocycles. The van der Waals surface area contributed by atoms with E-state index in [1.807, 2.05) is 7.05 Å². The van der Waals surface area contributed by atoms with E-state index in [0.717, 1.165) is 31.6 Å². The Morgan fingerprint density at radius 1 is 1.58 bits per heavy atom. The maximum Gasteiger partial charge on any atom is 0.108 e. The summed E-state index contributed by atoms with van der Waals surface area (Å²) in [6.45, 7) is 2.86. The predicted molar refractivity (Wildman–Crippen MR) is 50.0 cm³/mol. The van der Waals surface area contributed by atoms with Crippen LogP contribution in [-0.2, 0) is 19.9 Å². The minimum atomic E-state index is 0.744. The monoisotopic (exact) mass is 167 g/mol. The molecule has 0 atom stereocenters. The zero-order valence-electron chi connectivity index (χ0n) is 7.88. The van der Waals surface area contributed by atoms with Gasteiger partial charge in [0.1, 0.15) is 5.82 Å². The van der Waals surface area contributed by atoms with Crippen molar-refractivity contribution in [3.05, 3.63) is 17.7 Å². The van der Waals surface area contributed by atoms with Gasteiger partial charge in [-0.1, -0.05) is 6.92 Å².